The molecule has 2 atom stereocenters. The van der Waals surface area contributed by atoms with Crippen LogP contribution in [-0.4, -0.2) is 26.0 Å². The molecule has 7 heteroatoms. The molecule has 1 fully saturated rings. The molecule has 1 aliphatic heterocycles. The number of methoxy groups -OCH3 is 2. The molecule has 1 heterocycles. The summed E-state index contributed by atoms with van der Waals surface area (Å²) in [6.07, 6.45) is 0.642. The fourth-order valence-corrected chi connectivity index (χ4v) is 4.32. The number of carbonyl (C=O) groups is 2. The molecule has 3 aromatic rings. The van der Waals surface area contributed by atoms with E-state index in [1.807, 2.05) is 66.7 Å². The molecule has 0 aliphatic carbocycles. The van der Waals surface area contributed by atoms with E-state index in [4.69, 9.17) is 14.3 Å². The third kappa shape index (κ3) is 5.05. The molecule has 7 nitrogen and oxygen atoms in total. The van der Waals surface area contributed by atoms with Crippen molar-refractivity contribution < 1.29 is 23.9 Å². The molecule has 0 radical (unpaired) electrons. The summed E-state index contributed by atoms with van der Waals surface area (Å²) in [6.45, 7) is 0.250. The van der Waals surface area contributed by atoms with Crippen LogP contribution < -0.4 is 19.9 Å². The zero-order chi connectivity index (χ0) is 23.9. The van der Waals surface area contributed by atoms with Gasteiger partial charge in [-0.05, 0) is 42.3 Å². The van der Waals surface area contributed by atoms with E-state index in [9.17, 15) is 9.59 Å². The van der Waals surface area contributed by atoms with E-state index >= 15 is 0 Å². The van der Waals surface area contributed by atoms with Crippen LogP contribution in [0.25, 0.3) is 0 Å². The number of hydrogen-bond acceptors (Lipinski definition) is 5. The molecule has 0 bridgehead atoms. The van der Waals surface area contributed by atoms with Gasteiger partial charge in [0.1, 0.15) is 11.5 Å². The molecule has 1 saturated heterocycles. The molecule has 0 unspecified atom stereocenters. The molecule has 34 heavy (non-hydrogen) atoms. The molecule has 4 rings (SSSR count). The second kappa shape index (κ2) is 10.9. The number of ether oxygens (including phenoxy) is 2. The van der Waals surface area contributed by atoms with Crippen molar-refractivity contribution in [2.24, 2.45) is 5.92 Å². The summed E-state index contributed by atoms with van der Waals surface area (Å²) in [4.78, 5) is 33.7. The van der Waals surface area contributed by atoms with Gasteiger partial charge in [0.25, 0.3) is 0 Å². The van der Waals surface area contributed by atoms with E-state index in [1.165, 1.54) is 0 Å². The van der Waals surface area contributed by atoms with Crippen molar-refractivity contribution in [3.05, 3.63) is 90.0 Å². The van der Waals surface area contributed by atoms with Crippen LogP contribution in [0.5, 0.6) is 11.5 Å². The van der Waals surface area contributed by atoms with Gasteiger partial charge in [0.15, 0.2) is 0 Å². The number of benzene rings is 3. The summed E-state index contributed by atoms with van der Waals surface area (Å²) in [5, 5.41) is 0. The predicted molar refractivity (Wildman–Crippen MR) is 128 cm³/mol. The zero-order valence-electron chi connectivity index (χ0n) is 19.3. The molecule has 1 N–H and O–H groups in total. The second-order valence-corrected chi connectivity index (χ2v) is 8.03. The maximum atomic E-state index is 13.3. The summed E-state index contributed by atoms with van der Waals surface area (Å²) in [5.74, 6) is 0.425. The van der Waals surface area contributed by atoms with Gasteiger partial charge in [-0.2, -0.15) is 0 Å². The summed E-state index contributed by atoms with van der Waals surface area (Å²) in [5.41, 5.74) is 5.00. The molecule has 2 amide bonds. The largest absolute Gasteiger partial charge is 0.497 e. The minimum absolute atomic E-state index is 0.0599. The van der Waals surface area contributed by atoms with Crippen LogP contribution in [-0.2, 0) is 21.0 Å². The smallest absolute Gasteiger partial charge is 0.249 e. The SMILES string of the molecule is COc1ccc(N2C(=O)CC[C@H](C(=O)NOCc3ccccc3)[C@@H]2c2ccccc2OC)cc1. The van der Waals surface area contributed by atoms with E-state index in [2.05, 4.69) is 5.48 Å². The van der Waals surface area contributed by atoms with Gasteiger partial charge in [0.2, 0.25) is 11.8 Å². The maximum Gasteiger partial charge on any atom is 0.249 e. The van der Waals surface area contributed by atoms with Crippen molar-refractivity contribution in [1.82, 2.24) is 5.48 Å². The standard InChI is InChI=1S/C27H28N2O5/c1-32-21-14-12-20(13-15-21)29-25(30)17-16-23(26(29)22-10-6-7-11-24(22)33-2)27(31)28-34-18-19-8-4-3-5-9-19/h3-15,23,26H,16-18H2,1-2H3,(H,28,31)/t23-,26-/m0/s1. The monoisotopic (exact) mass is 460 g/mol. The molecule has 176 valence electrons. The van der Waals surface area contributed by atoms with Crippen molar-refractivity contribution in [3.63, 3.8) is 0 Å². The van der Waals surface area contributed by atoms with Crippen LogP contribution in [0.15, 0.2) is 78.9 Å². The highest BCUT2D eigenvalue weighted by Gasteiger charge is 2.42. The zero-order valence-corrected chi connectivity index (χ0v) is 19.3. The minimum Gasteiger partial charge on any atom is -0.497 e. The number of piperidine rings is 1. The highest BCUT2D eigenvalue weighted by atomic mass is 16.6. The van der Waals surface area contributed by atoms with Gasteiger partial charge in [-0.15, -0.1) is 0 Å². The fourth-order valence-electron chi connectivity index (χ4n) is 4.32. The molecule has 3 aromatic carbocycles. The lowest BCUT2D eigenvalue weighted by atomic mass is 9.83. The average Bonchev–Trinajstić information content (AvgIpc) is 2.89. The molecular weight excluding hydrogens is 432 g/mol. The Morgan fingerprint density at radius 1 is 0.941 bits per heavy atom. The Labute approximate surface area is 199 Å². The minimum atomic E-state index is -0.564. The van der Waals surface area contributed by atoms with Crippen molar-refractivity contribution in [1.29, 1.82) is 0 Å². The van der Waals surface area contributed by atoms with Gasteiger partial charge < -0.3 is 14.4 Å². The Morgan fingerprint density at radius 3 is 2.35 bits per heavy atom. The van der Waals surface area contributed by atoms with Gasteiger partial charge in [0, 0.05) is 17.7 Å². The third-order valence-electron chi connectivity index (χ3n) is 6.00. The summed E-state index contributed by atoms with van der Waals surface area (Å²) in [6, 6.07) is 23.8. The summed E-state index contributed by atoms with van der Waals surface area (Å²) in [7, 11) is 3.17. The van der Waals surface area contributed by atoms with E-state index in [-0.39, 0.29) is 24.8 Å². The van der Waals surface area contributed by atoms with Gasteiger partial charge in [-0.25, -0.2) is 5.48 Å². The second-order valence-electron chi connectivity index (χ2n) is 8.03. The van der Waals surface area contributed by atoms with E-state index in [1.54, 1.807) is 31.3 Å². The number of amides is 2. The van der Waals surface area contributed by atoms with Crippen LogP contribution in [0, 0.1) is 5.92 Å². The van der Waals surface area contributed by atoms with Crippen molar-refractivity contribution in [2.75, 3.05) is 19.1 Å². The lowest BCUT2D eigenvalue weighted by Gasteiger charge is -2.41. The van der Waals surface area contributed by atoms with Crippen molar-refractivity contribution in [3.8, 4) is 11.5 Å². The number of rotatable bonds is 8. The fraction of sp³-hybridized carbons (Fsp3) is 0.259. The van der Waals surface area contributed by atoms with Crippen molar-refractivity contribution >= 4 is 17.5 Å². The number of nitrogens with one attached hydrogen (secondary N) is 1. The Hall–Kier alpha value is -3.84. The van der Waals surface area contributed by atoms with Gasteiger partial charge in [0.05, 0.1) is 32.8 Å². The lowest BCUT2D eigenvalue weighted by molar-refractivity contribution is -0.141. The quantitative estimate of drug-likeness (QED) is 0.503. The molecular formula is C27H28N2O5. The number of hydrogen-bond donors (Lipinski definition) is 1. The first-order valence-corrected chi connectivity index (χ1v) is 11.2. The Kier molecular flexibility index (Phi) is 7.44. The highest BCUT2D eigenvalue weighted by molar-refractivity contribution is 5.97. The van der Waals surface area contributed by atoms with Crippen LogP contribution in [0.3, 0.4) is 0 Å². The first-order chi connectivity index (χ1) is 16.6. The van der Waals surface area contributed by atoms with E-state index in [0.29, 0.717) is 23.6 Å². The third-order valence-corrected chi connectivity index (χ3v) is 6.00. The van der Waals surface area contributed by atoms with Crippen LogP contribution in [0.1, 0.15) is 30.0 Å². The number of nitrogens with zero attached hydrogens (tertiary/aromatic N) is 1. The normalized spacial score (nSPS) is 17.8. The lowest BCUT2D eigenvalue weighted by Crippen LogP contribution is -2.48. The predicted octanol–water partition coefficient (Wildman–Crippen LogP) is 4.44. The van der Waals surface area contributed by atoms with Gasteiger partial charge in [-0.1, -0.05) is 48.5 Å². The van der Waals surface area contributed by atoms with Crippen LogP contribution in [0.2, 0.25) is 0 Å². The summed E-state index contributed by atoms with van der Waals surface area (Å²) >= 11 is 0. The topological polar surface area (TPSA) is 77.1 Å². The summed E-state index contributed by atoms with van der Waals surface area (Å²) < 4.78 is 10.9. The van der Waals surface area contributed by atoms with Crippen LogP contribution in [0.4, 0.5) is 5.69 Å². The number of anilines is 1. The van der Waals surface area contributed by atoms with Crippen LogP contribution >= 0.6 is 0 Å². The Morgan fingerprint density at radius 2 is 1.65 bits per heavy atom. The van der Waals surface area contributed by atoms with E-state index in [0.717, 1.165) is 11.1 Å². The maximum absolute atomic E-state index is 13.3. The molecule has 0 aromatic heterocycles. The average molecular weight is 461 g/mol. The number of hydroxylamine groups is 1. The Bertz CT molecular complexity index is 1120. The van der Waals surface area contributed by atoms with Crippen molar-refractivity contribution in [2.45, 2.75) is 25.5 Å². The highest BCUT2D eigenvalue weighted by Crippen LogP contribution is 2.43. The van der Waals surface area contributed by atoms with Gasteiger partial charge in [-0.3, -0.25) is 14.4 Å². The molecule has 1 aliphatic rings. The Balaban J connectivity index is 1.65. The molecule has 0 spiro atoms. The number of carbonyl (C=O) groups excluding carboxylic acids is 2. The van der Waals surface area contributed by atoms with E-state index < -0.39 is 12.0 Å². The van der Waals surface area contributed by atoms with Gasteiger partial charge >= 0.3 is 0 Å². The number of para-hydroxylation sites is 1. The first-order valence-electron chi connectivity index (χ1n) is 11.2. The molecule has 0 saturated carbocycles. The first kappa shape index (κ1) is 23.3.